The summed E-state index contributed by atoms with van der Waals surface area (Å²) in [6.07, 6.45) is 4.98. The molecule has 170 valence electrons. The van der Waals surface area contributed by atoms with Crippen LogP contribution in [0.4, 0.5) is 4.39 Å². The van der Waals surface area contributed by atoms with Gasteiger partial charge in [0.15, 0.2) is 28.6 Å². The summed E-state index contributed by atoms with van der Waals surface area (Å²) >= 11 is 0. The number of rotatable bonds is 2. The van der Waals surface area contributed by atoms with Gasteiger partial charge in [0.2, 0.25) is 0 Å². The molecule has 1 N–H and O–H groups in total. The van der Waals surface area contributed by atoms with Gasteiger partial charge in [-0.25, -0.2) is 4.39 Å². The Morgan fingerprint density at radius 3 is 2.65 bits per heavy atom. The van der Waals surface area contributed by atoms with E-state index in [4.69, 9.17) is 9.47 Å². The molecule has 0 amide bonds. The number of carbonyl (C=O) groups excluding carboxylic acids is 2. The molecule has 6 heteroatoms. The number of fused-ring (bicyclic) bond motifs is 7. The van der Waals surface area contributed by atoms with Gasteiger partial charge in [0.25, 0.3) is 0 Å². The Balaban J connectivity index is 1.64. The molecule has 5 nitrogen and oxygen atoms in total. The van der Waals surface area contributed by atoms with Crippen LogP contribution in [0.5, 0.6) is 0 Å². The van der Waals surface area contributed by atoms with Crippen molar-refractivity contribution in [1.29, 1.82) is 0 Å². The summed E-state index contributed by atoms with van der Waals surface area (Å²) in [6.45, 7) is 9.25. The molecular formula is C25H33FO5. The molecule has 3 saturated carbocycles. The van der Waals surface area contributed by atoms with Crippen LogP contribution in [0.15, 0.2) is 23.8 Å². The molecule has 0 aromatic rings. The van der Waals surface area contributed by atoms with E-state index in [1.54, 1.807) is 13.0 Å². The normalized spacial score (nSPS) is 52.1. The minimum absolute atomic E-state index is 0.0302. The van der Waals surface area contributed by atoms with Crippen LogP contribution in [0.1, 0.15) is 66.7 Å². The second-order valence-electron chi connectivity index (χ2n) is 11.1. The Morgan fingerprint density at radius 1 is 1.26 bits per heavy atom. The summed E-state index contributed by atoms with van der Waals surface area (Å²) in [5, 5.41) is 11.4. The van der Waals surface area contributed by atoms with Gasteiger partial charge in [-0.3, -0.25) is 9.59 Å². The molecule has 8 atom stereocenters. The zero-order chi connectivity index (χ0) is 22.6. The summed E-state index contributed by atoms with van der Waals surface area (Å²) in [7, 11) is 0. The van der Waals surface area contributed by atoms with Crippen LogP contribution >= 0.6 is 0 Å². The summed E-state index contributed by atoms with van der Waals surface area (Å²) in [5.41, 5.74) is -4.10. The zero-order valence-electron chi connectivity index (χ0n) is 19.0. The van der Waals surface area contributed by atoms with E-state index in [0.717, 1.165) is 5.57 Å². The fourth-order valence-corrected chi connectivity index (χ4v) is 8.07. The number of aliphatic hydroxyl groups excluding tert-OH is 1. The van der Waals surface area contributed by atoms with E-state index in [0.29, 0.717) is 25.7 Å². The van der Waals surface area contributed by atoms with E-state index in [2.05, 4.69) is 0 Å². The highest BCUT2D eigenvalue weighted by Gasteiger charge is 2.79. The Kier molecular flexibility index (Phi) is 4.26. The maximum absolute atomic E-state index is 17.2. The smallest absolute Gasteiger partial charge is 0.178 e. The lowest BCUT2D eigenvalue weighted by Crippen LogP contribution is -2.69. The molecule has 4 fully saturated rings. The Hall–Kier alpha value is -1.37. The molecule has 4 aliphatic carbocycles. The largest absolute Gasteiger partial charge is 0.390 e. The molecule has 0 aromatic carbocycles. The van der Waals surface area contributed by atoms with Crippen LogP contribution in [-0.2, 0) is 19.1 Å². The maximum atomic E-state index is 17.2. The monoisotopic (exact) mass is 432 g/mol. The van der Waals surface area contributed by atoms with Crippen molar-refractivity contribution < 1.29 is 28.6 Å². The number of halogens is 1. The van der Waals surface area contributed by atoms with E-state index in [1.807, 2.05) is 27.7 Å². The predicted octanol–water partition coefficient (Wildman–Crippen LogP) is 3.84. The van der Waals surface area contributed by atoms with E-state index < -0.39 is 46.0 Å². The predicted molar refractivity (Wildman–Crippen MR) is 112 cm³/mol. The lowest BCUT2D eigenvalue weighted by atomic mass is 9.44. The quantitative estimate of drug-likeness (QED) is 0.718. The molecule has 0 unspecified atom stereocenters. The van der Waals surface area contributed by atoms with Crippen LogP contribution in [0, 0.1) is 22.7 Å². The molecular weight excluding hydrogens is 399 g/mol. The van der Waals surface area contributed by atoms with Crippen LogP contribution in [0.2, 0.25) is 0 Å². The number of allylic oxidation sites excluding steroid dienone is 4. The molecule has 1 heterocycles. The SMILES string of the molecule is CCC(=O)[C@@]12OC(C)(C)O[C@@H]1C[C@H]1[C@@H]3CCC4=CC(=O)C=C[C@]4(C)[C@@]3(F)[C@@H](O)C[C@@]12C. The molecule has 0 aromatic heterocycles. The highest BCUT2D eigenvalue weighted by molar-refractivity contribution is 6.01. The lowest BCUT2D eigenvalue weighted by molar-refractivity contribution is -0.245. The first-order chi connectivity index (χ1) is 14.4. The van der Waals surface area contributed by atoms with Gasteiger partial charge in [-0.2, -0.15) is 0 Å². The van der Waals surface area contributed by atoms with Gasteiger partial charge in [0.05, 0.1) is 12.2 Å². The molecule has 5 rings (SSSR count). The molecule has 0 radical (unpaired) electrons. The average Bonchev–Trinajstić information content (AvgIpc) is 3.09. The van der Waals surface area contributed by atoms with Crippen molar-refractivity contribution >= 4 is 11.6 Å². The summed E-state index contributed by atoms with van der Waals surface area (Å²) in [4.78, 5) is 25.4. The Labute approximate surface area is 183 Å². The van der Waals surface area contributed by atoms with Crippen LogP contribution in [0.3, 0.4) is 0 Å². The van der Waals surface area contributed by atoms with Crippen molar-refractivity contribution in [2.75, 3.05) is 0 Å². The van der Waals surface area contributed by atoms with Crippen LogP contribution in [-0.4, -0.2) is 45.9 Å². The Bertz CT molecular complexity index is 923. The van der Waals surface area contributed by atoms with Gasteiger partial charge in [0.1, 0.15) is 0 Å². The zero-order valence-corrected chi connectivity index (χ0v) is 19.0. The third-order valence-electron chi connectivity index (χ3n) is 9.37. The van der Waals surface area contributed by atoms with E-state index in [-0.39, 0.29) is 23.9 Å². The second-order valence-corrected chi connectivity index (χ2v) is 11.1. The fourth-order valence-electron chi connectivity index (χ4n) is 8.07. The average molecular weight is 433 g/mol. The second kappa shape index (κ2) is 6.15. The van der Waals surface area contributed by atoms with E-state index in [9.17, 15) is 14.7 Å². The van der Waals surface area contributed by atoms with Crippen molar-refractivity contribution in [1.82, 2.24) is 0 Å². The number of Topliss-reactive ketones (excluding diaryl/α,β-unsaturated/α-hetero) is 1. The minimum Gasteiger partial charge on any atom is -0.390 e. The standard InChI is InChI=1S/C25H33FO5/c1-6-18(28)25-20(30-21(2,3)31-25)12-17-16-8-7-14-11-15(27)9-10-22(14,4)24(16,26)19(29)13-23(17,25)5/h9-11,16-17,19-20,29H,6-8,12-13H2,1-5H3/t16-,17-,19-,20+,22-,23-,24-,25+/m0/s1. The van der Waals surface area contributed by atoms with E-state index >= 15 is 4.39 Å². The highest BCUT2D eigenvalue weighted by Crippen LogP contribution is 2.72. The first kappa shape index (κ1) is 21.5. The van der Waals surface area contributed by atoms with Gasteiger partial charge in [-0.1, -0.05) is 25.5 Å². The molecule has 1 saturated heterocycles. The van der Waals surface area contributed by atoms with Crippen LogP contribution < -0.4 is 0 Å². The topological polar surface area (TPSA) is 72.8 Å². The number of ketones is 2. The molecule has 0 bridgehead atoms. The van der Waals surface area contributed by atoms with Crippen molar-refractivity contribution in [3.05, 3.63) is 23.8 Å². The minimum atomic E-state index is -1.91. The highest BCUT2D eigenvalue weighted by atomic mass is 19.1. The van der Waals surface area contributed by atoms with Crippen LogP contribution in [0.25, 0.3) is 0 Å². The number of aliphatic hydroxyl groups is 1. The number of alkyl halides is 1. The van der Waals surface area contributed by atoms with Gasteiger partial charge in [-0.15, -0.1) is 0 Å². The molecule has 1 aliphatic heterocycles. The molecule has 5 aliphatic rings. The molecule has 31 heavy (non-hydrogen) atoms. The Morgan fingerprint density at radius 2 is 1.97 bits per heavy atom. The van der Waals surface area contributed by atoms with Crippen molar-refractivity contribution in [3.8, 4) is 0 Å². The fraction of sp³-hybridized carbons (Fsp3) is 0.760. The first-order valence-corrected chi connectivity index (χ1v) is 11.6. The number of ether oxygens (including phenoxy) is 2. The maximum Gasteiger partial charge on any atom is 0.178 e. The van der Waals surface area contributed by atoms with Gasteiger partial charge >= 0.3 is 0 Å². The summed E-state index contributed by atoms with van der Waals surface area (Å²) in [6, 6.07) is 0. The van der Waals surface area contributed by atoms with Gasteiger partial charge < -0.3 is 14.6 Å². The first-order valence-electron chi connectivity index (χ1n) is 11.6. The van der Waals surface area contributed by atoms with Gasteiger partial charge in [0, 0.05) is 23.2 Å². The lowest BCUT2D eigenvalue weighted by Gasteiger charge is -2.62. The third-order valence-corrected chi connectivity index (χ3v) is 9.37. The summed E-state index contributed by atoms with van der Waals surface area (Å²) in [5.74, 6) is -1.68. The van der Waals surface area contributed by atoms with Gasteiger partial charge in [-0.05, 0) is 64.5 Å². The number of hydrogen-bond acceptors (Lipinski definition) is 5. The van der Waals surface area contributed by atoms with E-state index in [1.165, 1.54) is 12.2 Å². The van der Waals surface area contributed by atoms with Crippen molar-refractivity contribution in [3.63, 3.8) is 0 Å². The number of hydrogen-bond donors (Lipinski definition) is 1. The summed E-state index contributed by atoms with van der Waals surface area (Å²) < 4.78 is 29.8. The number of carbonyl (C=O) groups is 2. The van der Waals surface area contributed by atoms with Crippen molar-refractivity contribution in [2.24, 2.45) is 22.7 Å². The molecule has 0 spiro atoms. The van der Waals surface area contributed by atoms with Crippen molar-refractivity contribution in [2.45, 2.75) is 96.0 Å². The third kappa shape index (κ3) is 2.32.